The lowest BCUT2D eigenvalue weighted by Gasteiger charge is -2.18. The molecule has 26 heavy (non-hydrogen) atoms. The number of carbonyl (C=O) groups is 2. The molecule has 7 heteroatoms. The Morgan fingerprint density at radius 2 is 1.77 bits per heavy atom. The standard InChI is InChI=1S/C19H21NO5S/c1-25-18(21)12-17(15-8-4-3-5-9-15)20-19(22)16-10-6-7-14(11-16)13-26(2,23)24/h3-11,17H,12-13H2,1-2H3,(H,20,22). The summed E-state index contributed by atoms with van der Waals surface area (Å²) in [6.07, 6.45) is 1.14. The highest BCUT2D eigenvalue weighted by molar-refractivity contribution is 7.89. The molecule has 0 aliphatic heterocycles. The number of hydrogen-bond donors (Lipinski definition) is 1. The Balaban J connectivity index is 2.21. The molecule has 0 fully saturated rings. The number of rotatable bonds is 7. The first-order valence-corrected chi connectivity index (χ1v) is 10.0. The van der Waals surface area contributed by atoms with Gasteiger partial charge in [-0.2, -0.15) is 0 Å². The Labute approximate surface area is 153 Å². The van der Waals surface area contributed by atoms with Crippen LogP contribution in [0.3, 0.4) is 0 Å². The van der Waals surface area contributed by atoms with Gasteiger partial charge >= 0.3 is 5.97 Å². The maximum Gasteiger partial charge on any atom is 0.307 e. The fourth-order valence-electron chi connectivity index (χ4n) is 2.53. The third-order valence-electron chi connectivity index (χ3n) is 3.72. The lowest BCUT2D eigenvalue weighted by Crippen LogP contribution is -2.30. The van der Waals surface area contributed by atoms with E-state index in [1.807, 2.05) is 30.3 Å². The molecule has 0 bridgehead atoms. The molecule has 0 spiro atoms. The van der Waals surface area contributed by atoms with Gasteiger partial charge in [-0.1, -0.05) is 42.5 Å². The summed E-state index contributed by atoms with van der Waals surface area (Å²) in [5, 5.41) is 2.82. The average Bonchev–Trinajstić information content (AvgIpc) is 2.60. The van der Waals surface area contributed by atoms with Gasteiger partial charge in [0.1, 0.15) is 0 Å². The molecule has 1 unspecified atom stereocenters. The van der Waals surface area contributed by atoms with Gasteiger partial charge in [0.05, 0.1) is 25.3 Å². The first-order chi connectivity index (χ1) is 12.3. The SMILES string of the molecule is COC(=O)CC(NC(=O)c1cccc(CS(C)(=O)=O)c1)c1ccccc1. The summed E-state index contributed by atoms with van der Waals surface area (Å²) < 4.78 is 27.6. The van der Waals surface area contributed by atoms with Crippen LogP contribution >= 0.6 is 0 Å². The van der Waals surface area contributed by atoms with Gasteiger partial charge in [0.25, 0.3) is 5.91 Å². The van der Waals surface area contributed by atoms with Crippen molar-refractivity contribution in [3.63, 3.8) is 0 Å². The van der Waals surface area contributed by atoms with E-state index in [2.05, 4.69) is 5.32 Å². The van der Waals surface area contributed by atoms with Crippen LogP contribution < -0.4 is 5.32 Å². The van der Waals surface area contributed by atoms with Gasteiger partial charge in [-0.25, -0.2) is 8.42 Å². The summed E-state index contributed by atoms with van der Waals surface area (Å²) in [6, 6.07) is 15.0. The van der Waals surface area contributed by atoms with Gasteiger partial charge in [-0.05, 0) is 23.3 Å². The highest BCUT2D eigenvalue weighted by atomic mass is 32.2. The average molecular weight is 375 g/mol. The molecular formula is C19H21NO5S. The highest BCUT2D eigenvalue weighted by Crippen LogP contribution is 2.18. The third-order valence-corrected chi connectivity index (χ3v) is 4.58. The number of nitrogens with one attached hydrogen (secondary N) is 1. The summed E-state index contributed by atoms with van der Waals surface area (Å²) in [6.45, 7) is 0. The van der Waals surface area contributed by atoms with E-state index in [0.29, 0.717) is 11.1 Å². The summed E-state index contributed by atoms with van der Waals surface area (Å²) in [5.41, 5.74) is 1.64. The van der Waals surface area contributed by atoms with Crippen molar-refractivity contribution in [1.82, 2.24) is 5.32 Å². The van der Waals surface area contributed by atoms with E-state index in [9.17, 15) is 18.0 Å². The van der Waals surface area contributed by atoms with Crippen molar-refractivity contribution in [2.75, 3.05) is 13.4 Å². The van der Waals surface area contributed by atoms with Crippen LogP contribution in [0.5, 0.6) is 0 Å². The van der Waals surface area contributed by atoms with E-state index < -0.39 is 27.8 Å². The molecule has 0 aliphatic rings. The number of sulfone groups is 1. The molecular weight excluding hydrogens is 354 g/mol. The Kier molecular flexibility index (Phi) is 6.52. The zero-order valence-electron chi connectivity index (χ0n) is 14.6. The van der Waals surface area contributed by atoms with Crippen molar-refractivity contribution in [3.05, 3.63) is 71.3 Å². The quantitative estimate of drug-likeness (QED) is 0.750. The normalized spacial score (nSPS) is 12.2. The first-order valence-electron chi connectivity index (χ1n) is 7.98. The van der Waals surface area contributed by atoms with E-state index in [0.717, 1.165) is 11.8 Å². The van der Waals surface area contributed by atoms with Crippen LogP contribution in [0.25, 0.3) is 0 Å². The minimum atomic E-state index is -3.20. The minimum Gasteiger partial charge on any atom is -0.469 e. The molecule has 0 aliphatic carbocycles. The van der Waals surface area contributed by atoms with Crippen LogP contribution in [0.1, 0.15) is 33.9 Å². The Morgan fingerprint density at radius 1 is 1.08 bits per heavy atom. The summed E-state index contributed by atoms with van der Waals surface area (Å²) in [4.78, 5) is 24.3. The molecule has 0 radical (unpaired) electrons. The number of carbonyl (C=O) groups excluding carboxylic acids is 2. The molecule has 0 saturated carbocycles. The molecule has 0 saturated heterocycles. The number of methoxy groups -OCH3 is 1. The van der Waals surface area contributed by atoms with Gasteiger partial charge in [0.15, 0.2) is 9.84 Å². The number of amides is 1. The lowest BCUT2D eigenvalue weighted by molar-refractivity contribution is -0.141. The number of hydrogen-bond acceptors (Lipinski definition) is 5. The zero-order chi connectivity index (χ0) is 19.2. The first kappa shape index (κ1) is 19.7. The fourth-order valence-corrected chi connectivity index (χ4v) is 3.32. The Bertz CT molecular complexity index is 878. The topological polar surface area (TPSA) is 89.5 Å². The summed E-state index contributed by atoms with van der Waals surface area (Å²) in [5.74, 6) is -0.971. The molecule has 1 atom stereocenters. The molecule has 138 valence electrons. The predicted octanol–water partition coefficient (Wildman–Crippen LogP) is 2.27. The van der Waals surface area contributed by atoms with Gasteiger partial charge in [0, 0.05) is 11.8 Å². The van der Waals surface area contributed by atoms with E-state index in [4.69, 9.17) is 4.74 Å². The molecule has 0 aromatic heterocycles. The van der Waals surface area contributed by atoms with E-state index in [-0.39, 0.29) is 12.2 Å². The molecule has 1 N–H and O–H groups in total. The molecule has 1 amide bonds. The van der Waals surface area contributed by atoms with Crippen molar-refractivity contribution in [1.29, 1.82) is 0 Å². The second-order valence-corrected chi connectivity index (χ2v) is 8.13. The molecule has 2 rings (SSSR count). The van der Waals surface area contributed by atoms with Crippen molar-refractivity contribution in [2.45, 2.75) is 18.2 Å². The molecule has 6 nitrogen and oxygen atoms in total. The maximum absolute atomic E-state index is 12.6. The second kappa shape index (κ2) is 8.62. The molecule has 0 heterocycles. The molecule has 2 aromatic carbocycles. The van der Waals surface area contributed by atoms with Gasteiger partial charge in [0.2, 0.25) is 0 Å². The second-order valence-electron chi connectivity index (χ2n) is 5.99. The largest absolute Gasteiger partial charge is 0.469 e. The highest BCUT2D eigenvalue weighted by Gasteiger charge is 2.20. The van der Waals surface area contributed by atoms with Crippen molar-refractivity contribution < 1.29 is 22.7 Å². The Morgan fingerprint density at radius 3 is 2.38 bits per heavy atom. The smallest absolute Gasteiger partial charge is 0.307 e. The molecule has 2 aromatic rings. The van der Waals surface area contributed by atoms with Gasteiger partial charge < -0.3 is 10.1 Å². The number of ether oxygens (including phenoxy) is 1. The van der Waals surface area contributed by atoms with Crippen molar-refractivity contribution in [3.8, 4) is 0 Å². The summed E-state index contributed by atoms with van der Waals surface area (Å²) in [7, 11) is -1.91. The summed E-state index contributed by atoms with van der Waals surface area (Å²) >= 11 is 0. The van der Waals surface area contributed by atoms with Crippen LogP contribution in [-0.4, -0.2) is 33.7 Å². The van der Waals surface area contributed by atoms with Crippen LogP contribution in [0.2, 0.25) is 0 Å². The van der Waals surface area contributed by atoms with Gasteiger partial charge in [-0.15, -0.1) is 0 Å². The minimum absolute atomic E-state index is 0.00468. The van der Waals surface area contributed by atoms with Crippen LogP contribution in [0, 0.1) is 0 Å². The Hall–Kier alpha value is -2.67. The number of benzene rings is 2. The number of esters is 1. The maximum atomic E-state index is 12.6. The van der Waals surface area contributed by atoms with E-state index >= 15 is 0 Å². The van der Waals surface area contributed by atoms with Crippen LogP contribution in [0.4, 0.5) is 0 Å². The third kappa shape index (κ3) is 6.00. The zero-order valence-corrected chi connectivity index (χ0v) is 15.5. The lowest BCUT2D eigenvalue weighted by atomic mass is 10.0. The predicted molar refractivity (Wildman–Crippen MR) is 98.3 cm³/mol. The van der Waals surface area contributed by atoms with E-state index in [1.165, 1.54) is 13.2 Å². The van der Waals surface area contributed by atoms with Crippen LogP contribution in [-0.2, 0) is 25.1 Å². The van der Waals surface area contributed by atoms with Crippen LogP contribution in [0.15, 0.2) is 54.6 Å². The van der Waals surface area contributed by atoms with Crippen molar-refractivity contribution >= 4 is 21.7 Å². The van der Waals surface area contributed by atoms with Gasteiger partial charge in [-0.3, -0.25) is 9.59 Å². The van der Waals surface area contributed by atoms with Crippen molar-refractivity contribution in [2.24, 2.45) is 0 Å². The monoisotopic (exact) mass is 375 g/mol. The van der Waals surface area contributed by atoms with E-state index in [1.54, 1.807) is 18.2 Å². The fraction of sp³-hybridized carbons (Fsp3) is 0.263.